The van der Waals surface area contributed by atoms with E-state index in [2.05, 4.69) is 62.5 Å². The molecule has 11 atom stereocenters. The predicted octanol–water partition coefficient (Wildman–Crippen LogP) is 5.31. The van der Waals surface area contributed by atoms with E-state index in [0.29, 0.717) is 12.8 Å². The van der Waals surface area contributed by atoms with Gasteiger partial charge in [0.2, 0.25) is 0 Å². The van der Waals surface area contributed by atoms with Crippen LogP contribution >= 0.6 is 0 Å². The molecule has 2 saturated heterocycles. The van der Waals surface area contributed by atoms with E-state index in [1.54, 1.807) is 0 Å². The molecule has 0 radical (unpaired) electrons. The molecular formula is C48H80O15. The highest BCUT2D eigenvalue weighted by Crippen LogP contribution is 2.26. The molecule has 0 aromatic carbocycles. The van der Waals surface area contributed by atoms with Crippen LogP contribution in [0.3, 0.4) is 0 Å². The smallest absolute Gasteiger partial charge is 0.306 e. The first-order valence-corrected chi connectivity index (χ1v) is 23.4. The van der Waals surface area contributed by atoms with Gasteiger partial charge in [0.1, 0.15) is 55.4 Å². The molecule has 7 N–H and O–H groups in total. The number of allylic oxidation sites excluding steroid dienone is 10. The molecule has 2 aliphatic rings. The zero-order chi connectivity index (χ0) is 46.1. The van der Waals surface area contributed by atoms with Crippen LogP contribution in [0.5, 0.6) is 0 Å². The molecule has 15 nitrogen and oxygen atoms in total. The molecule has 0 aromatic heterocycles. The topological polar surface area (TPSA) is 231 Å². The van der Waals surface area contributed by atoms with Crippen molar-refractivity contribution in [3.63, 3.8) is 0 Å². The average molecular weight is 897 g/mol. The molecule has 0 amide bonds. The van der Waals surface area contributed by atoms with Crippen molar-refractivity contribution in [2.75, 3.05) is 26.4 Å². The summed E-state index contributed by atoms with van der Waals surface area (Å²) in [6, 6.07) is 0. The summed E-state index contributed by atoms with van der Waals surface area (Å²) in [4.78, 5) is 25.6. The number of hydrogen-bond donors (Lipinski definition) is 7. The minimum Gasteiger partial charge on any atom is -0.462 e. The molecular weight excluding hydrogens is 817 g/mol. The second-order valence-corrected chi connectivity index (χ2v) is 16.2. The lowest BCUT2D eigenvalue weighted by Crippen LogP contribution is -2.61. The van der Waals surface area contributed by atoms with Crippen molar-refractivity contribution < 1.29 is 73.8 Å². The zero-order valence-corrected chi connectivity index (χ0v) is 37.8. The van der Waals surface area contributed by atoms with Crippen molar-refractivity contribution in [1.82, 2.24) is 0 Å². The second kappa shape index (κ2) is 35.5. The van der Waals surface area contributed by atoms with Crippen LogP contribution in [0.4, 0.5) is 0 Å². The quantitative estimate of drug-likeness (QED) is 0.0246. The summed E-state index contributed by atoms with van der Waals surface area (Å²) < 4.78 is 33.4. The van der Waals surface area contributed by atoms with Gasteiger partial charge in [-0.1, -0.05) is 120 Å². The Balaban J connectivity index is 1.88. The molecule has 0 spiro atoms. The van der Waals surface area contributed by atoms with Crippen LogP contribution in [0.1, 0.15) is 136 Å². The number of ether oxygens (including phenoxy) is 6. The molecule has 2 heterocycles. The van der Waals surface area contributed by atoms with Crippen molar-refractivity contribution in [2.45, 2.75) is 203 Å². The highest BCUT2D eigenvalue weighted by atomic mass is 16.7. The number of carbonyl (C=O) groups is 2. The van der Waals surface area contributed by atoms with Gasteiger partial charge in [-0.3, -0.25) is 9.59 Å². The number of hydrogen-bond acceptors (Lipinski definition) is 15. The summed E-state index contributed by atoms with van der Waals surface area (Å²) in [6.07, 6.45) is 21.4. The predicted molar refractivity (Wildman–Crippen MR) is 238 cm³/mol. The first-order valence-electron chi connectivity index (χ1n) is 23.4. The van der Waals surface area contributed by atoms with E-state index in [-0.39, 0.29) is 19.4 Å². The SMILES string of the molecule is CC/C=C/C/C=C/C/C=C/CCCCCCC(=O)OCC(CO[C@@H]1O[C@H](CO[C@@H]2O[C@H](CO)[C@H](O)C(O)C2O)[C@H](O)C(O)C1O)OC(=O)CC/C=C/C/C=C/CCCCCCCC. The van der Waals surface area contributed by atoms with E-state index in [9.17, 15) is 45.3 Å². The fourth-order valence-corrected chi connectivity index (χ4v) is 6.87. The van der Waals surface area contributed by atoms with E-state index in [1.807, 2.05) is 12.2 Å². The van der Waals surface area contributed by atoms with Gasteiger partial charge >= 0.3 is 11.9 Å². The van der Waals surface area contributed by atoms with Gasteiger partial charge in [-0.2, -0.15) is 0 Å². The van der Waals surface area contributed by atoms with E-state index in [0.717, 1.165) is 57.8 Å². The van der Waals surface area contributed by atoms with Gasteiger partial charge in [-0.05, 0) is 64.2 Å². The maximum Gasteiger partial charge on any atom is 0.306 e. The third-order valence-electron chi connectivity index (χ3n) is 10.7. The third-order valence-corrected chi connectivity index (χ3v) is 10.7. The number of unbranched alkanes of at least 4 members (excludes halogenated alkanes) is 10. The summed E-state index contributed by atoms with van der Waals surface area (Å²) in [7, 11) is 0. The van der Waals surface area contributed by atoms with Crippen LogP contribution in [0.25, 0.3) is 0 Å². The number of aliphatic hydroxyl groups is 7. The molecule has 362 valence electrons. The summed E-state index contributed by atoms with van der Waals surface area (Å²) >= 11 is 0. The van der Waals surface area contributed by atoms with Crippen LogP contribution in [0, 0.1) is 0 Å². The summed E-state index contributed by atoms with van der Waals surface area (Å²) in [5.74, 6) is -1.04. The van der Waals surface area contributed by atoms with E-state index < -0.39 is 99.3 Å². The normalized spacial score (nSPS) is 27.4. The van der Waals surface area contributed by atoms with E-state index >= 15 is 0 Å². The minimum atomic E-state index is -1.78. The van der Waals surface area contributed by atoms with Crippen molar-refractivity contribution in [2.24, 2.45) is 0 Å². The largest absolute Gasteiger partial charge is 0.462 e. The Hall–Kier alpha value is -2.80. The number of aliphatic hydroxyl groups excluding tert-OH is 7. The standard InChI is InChI=1S/C48H80O15/c1-3-5-7-9-11-13-15-17-19-20-22-24-26-28-30-39(50)58-33-36(61-40(51)31-29-27-25-23-21-18-16-14-12-10-8-6-4-2)34-59-47-46(57)44(55)42(53)38(63-47)35-60-48-45(56)43(54)41(52)37(32-49)62-48/h5,7,11,13,17-19,21,25,27,36-38,41-49,52-57H,3-4,6,8-10,12,14-16,20,22-24,26,28-35H2,1-2H3/b7-5+,13-11+,19-17+,21-18+,27-25+/t36?,37-,38-,41+,42+,43?,44?,45?,46?,47-,48-/m1/s1. The first kappa shape index (κ1) is 56.3. The average Bonchev–Trinajstić information content (AvgIpc) is 3.28. The van der Waals surface area contributed by atoms with Crippen molar-refractivity contribution >= 4 is 11.9 Å². The van der Waals surface area contributed by atoms with Gasteiger partial charge in [-0.25, -0.2) is 0 Å². The molecule has 0 bridgehead atoms. The van der Waals surface area contributed by atoms with Crippen molar-refractivity contribution in [3.8, 4) is 0 Å². The van der Waals surface area contributed by atoms with Crippen LogP contribution < -0.4 is 0 Å². The Morgan fingerprint density at radius 2 is 1.03 bits per heavy atom. The molecule has 2 fully saturated rings. The fraction of sp³-hybridized carbons (Fsp3) is 0.750. The fourth-order valence-electron chi connectivity index (χ4n) is 6.87. The van der Waals surface area contributed by atoms with Crippen LogP contribution in [0.2, 0.25) is 0 Å². The number of rotatable bonds is 34. The van der Waals surface area contributed by atoms with Crippen molar-refractivity contribution in [1.29, 1.82) is 0 Å². The van der Waals surface area contributed by atoms with Crippen LogP contribution in [0.15, 0.2) is 60.8 Å². The molecule has 2 aliphatic heterocycles. The van der Waals surface area contributed by atoms with Gasteiger partial charge in [0.15, 0.2) is 18.7 Å². The Bertz CT molecular complexity index is 1330. The van der Waals surface area contributed by atoms with Crippen LogP contribution in [-0.4, -0.2) is 142 Å². The monoisotopic (exact) mass is 897 g/mol. The lowest BCUT2D eigenvalue weighted by Gasteiger charge is -2.42. The van der Waals surface area contributed by atoms with Gasteiger partial charge in [0.25, 0.3) is 0 Å². The van der Waals surface area contributed by atoms with Gasteiger partial charge in [0.05, 0.1) is 19.8 Å². The lowest BCUT2D eigenvalue weighted by molar-refractivity contribution is -0.332. The molecule has 15 heteroatoms. The van der Waals surface area contributed by atoms with E-state index in [4.69, 9.17) is 28.4 Å². The highest BCUT2D eigenvalue weighted by Gasteiger charge is 2.47. The van der Waals surface area contributed by atoms with E-state index in [1.165, 1.54) is 38.5 Å². The highest BCUT2D eigenvalue weighted by molar-refractivity contribution is 5.70. The zero-order valence-electron chi connectivity index (χ0n) is 37.8. The van der Waals surface area contributed by atoms with Gasteiger partial charge < -0.3 is 64.2 Å². The first-order chi connectivity index (χ1) is 30.5. The molecule has 63 heavy (non-hydrogen) atoms. The lowest BCUT2D eigenvalue weighted by atomic mass is 9.98. The number of esters is 2. The maximum absolute atomic E-state index is 12.9. The third kappa shape index (κ3) is 24.3. The Labute approximate surface area is 375 Å². The molecule has 0 aliphatic carbocycles. The van der Waals surface area contributed by atoms with Crippen LogP contribution in [-0.2, 0) is 38.0 Å². The maximum atomic E-state index is 12.9. The van der Waals surface area contributed by atoms with Crippen molar-refractivity contribution in [3.05, 3.63) is 60.8 Å². The summed E-state index contributed by atoms with van der Waals surface area (Å²) in [6.45, 7) is 2.35. The van der Waals surface area contributed by atoms with Gasteiger partial charge in [-0.15, -0.1) is 0 Å². The molecule has 2 rings (SSSR count). The Kier molecular flexibility index (Phi) is 31.7. The molecule has 0 saturated carbocycles. The van der Waals surface area contributed by atoms with Gasteiger partial charge in [0, 0.05) is 12.8 Å². The Morgan fingerprint density at radius 3 is 1.63 bits per heavy atom. The summed E-state index contributed by atoms with van der Waals surface area (Å²) in [5, 5.41) is 71.9. The minimum absolute atomic E-state index is 0.0514. The summed E-state index contributed by atoms with van der Waals surface area (Å²) in [5.41, 5.74) is 0. The second-order valence-electron chi connectivity index (χ2n) is 16.2. The Morgan fingerprint density at radius 1 is 0.524 bits per heavy atom. The molecule has 0 aromatic rings. The molecule has 5 unspecified atom stereocenters. The number of carbonyl (C=O) groups excluding carboxylic acids is 2.